The van der Waals surface area contributed by atoms with Gasteiger partial charge in [-0.05, 0) is 23.8 Å². The van der Waals surface area contributed by atoms with Crippen LogP contribution in [0.4, 0.5) is 5.82 Å². The molecule has 1 aromatic carbocycles. The highest BCUT2D eigenvalue weighted by molar-refractivity contribution is 6.42. The number of benzene rings is 1. The normalized spacial score (nSPS) is 25.9. The van der Waals surface area contributed by atoms with Crippen LogP contribution in [0.5, 0.6) is 0 Å². The summed E-state index contributed by atoms with van der Waals surface area (Å²) in [6.07, 6.45) is -3.01. The molecule has 3 aromatic rings. The summed E-state index contributed by atoms with van der Waals surface area (Å²) in [5, 5.41) is 32.9. The maximum atomic E-state index is 10.7. The number of fused-ring (bicyclic) bond motifs is 1. The molecule has 0 bridgehead atoms. The Labute approximate surface area is 169 Å². The number of aromatic nitrogens is 3. The molecule has 0 radical (unpaired) electrons. The molecule has 1 fully saturated rings. The number of anilines is 1. The molecular formula is C17H17Cl2N5O4. The molecule has 1 saturated heterocycles. The van der Waals surface area contributed by atoms with E-state index in [1.807, 2.05) is 0 Å². The summed E-state index contributed by atoms with van der Waals surface area (Å²) in [7, 11) is 0. The Morgan fingerprint density at radius 1 is 1.14 bits per heavy atom. The number of nitrogen functional groups attached to an aromatic ring is 1. The van der Waals surface area contributed by atoms with Crippen molar-refractivity contribution in [1.29, 1.82) is 0 Å². The van der Waals surface area contributed by atoms with E-state index in [0.717, 1.165) is 0 Å². The zero-order valence-corrected chi connectivity index (χ0v) is 15.8. The minimum atomic E-state index is -1.35. The molecule has 11 heteroatoms. The van der Waals surface area contributed by atoms with E-state index in [4.69, 9.17) is 33.8 Å². The fraction of sp³-hybridized carbons (Fsp3) is 0.294. The number of nitrogens with two attached hydrogens (primary N) is 1. The molecule has 1 aliphatic rings. The van der Waals surface area contributed by atoms with Crippen molar-refractivity contribution in [3.8, 4) is 0 Å². The van der Waals surface area contributed by atoms with Gasteiger partial charge in [0.15, 0.2) is 12.0 Å². The molecule has 0 aliphatic carbocycles. The van der Waals surface area contributed by atoms with E-state index in [0.29, 0.717) is 27.4 Å². The lowest BCUT2D eigenvalue weighted by Crippen LogP contribution is -2.34. The Kier molecular flexibility index (Phi) is 5.15. The third-order valence-corrected chi connectivity index (χ3v) is 5.53. The lowest BCUT2D eigenvalue weighted by molar-refractivity contribution is -0.0848. The first-order valence-electron chi connectivity index (χ1n) is 8.35. The number of hydrogen-bond acceptors (Lipinski definition) is 8. The molecule has 0 unspecified atom stereocenters. The standard InChI is InChI=1S/C17H17Cl2N5O4/c18-9-2-1-7(5-10(9)19)11(25)14-12(26)13(27)17(28-14)24-4-3-8-15(23-20)21-6-22-16(8)24/h1-6,11-14,17,25-27H,20H2,(H,21,22,23)/t11-,12+,13-,14-,17-/m1/s1. The minimum Gasteiger partial charge on any atom is -0.387 e. The maximum absolute atomic E-state index is 10.7. The van der Waals surface area contributed by atoms with Gasteiger partial charge < -0.3 is 30.0 Å². The molecule has 4 rings (SSSR count). The molecule has 3 heterocycles. The van der Waals surface area contributed by atoms with Crippen LogP contribution < -0.4 is 11.3 Å². The molecule has 0 saturated carbocycles. The molecule has 148 valence electrons. The molecule has 6 N–H and O–H groups in total. The molecular weight excluding hydrogens is 409 g/mol. The average molecular weight is 426 g/mol. The summed E-state index contributed by atoms with van der Waals surface area (Å²) in [5.74, 6) is 5.86. The van der Waals surface area contributed by atoms with Gasteiger partial charge in [0, 0.05) is 6.20 Å². The van der Waals surface area contributed by atoms with Crippen LogP contribution in [0.1, 0.15) is 17.9 Å². The Balaban J connectivity index is 1.65. The minimum absolute atomic E-state index is 0.262. The number of aliphatic hydroxyl groups is 3. The zero-order valence-electron chi connectivity index (χ0n) is 14.3. The van der Waals surface area contributed by atoms with Gasteiger partial charge in [0.2, 0.25) is 0 Å². The van der Waals surface area contributed by atoms with E-state index < -0.39 is 30.6 Å². The first kappa shape index (κ1) is 19.3. The summed E-state index contributed by atoms with van der Waals surface area (Å²) in [4.78, 5) is 8.21. The van der Waals surface area contributed by atoms with Crippen LogP contribution in [-0.4, -0.2) is 48.2 Å². The predicted octanol–water partition coefficient (Wildman–Crippen LogP) is 1.38. The Hall–Kier alpha value is -1.98. The quantitative estimate of drug-likeness (QED) is 0.312. The third-order valence-electron chi connectivity index (χ3n) is 4.79. The number of halogens is 2. The molecule has 2 aromatic heterocycles. The summed E-state index contributed by atoms with van der Waals surface area (Å²) < 4.78 is 7.37. The SMILES string of the molecule is NNc1ncnc2c1ccn2[C@@H]1O[C@H]([C@H](O)c2ccc(Cl)c(Cl)c2)[C@@H](O)[C@H]1O. The van der Waals surface area contributed by atoms with E-state index in [1.165, 1.54) is 18.5 Å². The largest absolute Gasteiger partial charge is 0.387 e. The van der Waals surface area contributed by atoms with Crippen molar-refractivity contribution >= 4 is 40.1 Å². The van der Waals surface area contributed by atoms with Crippen LogP contribution in [0.25, 0.3) is 11.0 Å². The Morgan fingerprint density at radius 2 is 1.93 bits per heavy atom. The van der Waals surface area contributed by atoms with Crippen LogP contribution in [0.3, 0.4) is 0 Å². The van der Waals surface area contributed by atoms with Crippen molar-refractivity contribution in [3.63, 3.8) is 0 Å². The summed E-state index contributed by atoms with van der Waals surface area (Å²) in [6.45, 7) is 0. The van der Waals surface area contributed by atoms with Crippen LogP contribution in [-0.2, 0) is 4.74 Å². The Bertz CT molecular complexity index is 1020. The van der Waals surface area contributed by atoms with Gasteiger partial charge in [-0.25, -0.2) is 15.8 Å². The highest BCUT2D eigenvalue weighted by Crippen LogP contribution is 2.38. The summed E-state index contributed by atoms with van der Waals surface area (Å²) >= 11 is 11.9. The third kappa shape index (κ3) is 3.11. The lowest BCUT2D eigenvalue weighted by atomic mass is 9.99. The van der Waals surface area contributed by atoms with Gasteiger partial charge >= 0.3 is 0 Å². The van der Waals surface area contributed by atoms with Gasteiger partial charge in [-0.3, -0.25) is 0 Å². The smallest absolute Gasteiger partial charge is 0.164 e. The second-order valence-corrected chi connectivity index (χ2v) is 7.23. The zero-order chi connectivity index (χ0) is 20.0. The molecule has 1 aliphatic heterocycles. The maximum Gasteiger partial charge on any atom is 0.164 e. The average Bonchev–Trinajstić information content (AvgIpc) is 3.25. The van der Waals surface area contributed by atoms with Crippen LogP contribution >= 0.6 is 23.2 Å². The van der Waals surface area contributed by atoms with Crippen molar-refractivity contribution in [2.75, 3.05) is 5.43 Å². The first-order chi connectivity index (χ1) is 13.4. The van der Waals surface area contributed by atoms with Gasteiger partial charge in [-0.2, -0.15) is 0 Å². The number of hydrogen-bond donors (Lipinski definition) is 5. The molecule has 5 atom stereocenters. The number of nitrogens with zero attached hydrogens (tertiary/aromatic N) is 3. The van der Waals surface area contributed by atoms with Gasteiger partial charge in [0.1, 0.15) is 36.4 Å². The van der Waals surface area contributed by atoms with Gasteiger partial charge in [0.25, 0.3) is 0 Å². The number of hydrazine groups is 1. The van der Waals surface area contributed by atoms with E-state index in [2.05, 4.69) is 15.4 Å². The number of rotatable bonds is 4. The van der Waals surface area contributed by atoms with E-state index in [9.17, 15) is 15.3 Å². The van der Waals surface area contributed by atoms with E-state index in [1.54, 1.807) is 22.9 Å². The monoisotopic (exact) mass is 425 g/mol. The van der Waals surface area contributed by atoms with Crippen LogP contribution in [0, 0.1) is 0 Å². The molecule has 9 nitrogen and oxygen atoms in total. The van der Waals surface area contributed by atoms with Crippen molar-refractivity contribution in [2.45, 2.75) is 30.6 Å². The van der Waals surface area contributed by atoms with Crippen molar-refractivity contribution in [1.82, 2.24) is 14.5 Å². The summed E-state index contributed by atoms with van der Waals surface area (Å²) in [5.41, 5.74) is 3.32. The second kappa shape index (κ2) is 7.45. The Morgan fingerprint density at radius 3 is 2.64 bits per heavy atom. The molecule has 0 amide bonds. The number of nitrogens with one attached hydrogen (secondary N) is 1. The fourth-order valence-electron chi connectivity index (χ4n) is 3.35. The van der Waals surface area contributed by atoms with E-state index >= 15 is 0 Å². The van der Waals surface area contributed by atoms with Gasteiger partial charge in [-0.1, -0.05) is 29.3 Å². The second-order valence-electron chi connectivity index (χ2n) is 6.42. The van der Waals surface area contributed by atoms with Crippen molar-refractivity contribution in [3.05, 3.63) is 52.4 Å². The number of aliphatic hydroxyl groups excluding tert-OH is 3. The predicted molar refractivity (Wildman–Crippen MR) is 103 cm³/mol. The highest BCUT2D eigenvalue weighted by atomic mass is 35.5. The molecule has 28 heavy (non-hydrogen) atoms. The van der Waals surface area contributed by atoms with Crippen molar-refractivity contribution < 1.29 is 20.1 Å². The van der Waals surface area contributed by atoms with Crippen LogP contribution in [0.2, 0.25) is 10.0 Å². The van der Waals surface area contributed by atoms with Crippen molar-refractivity contribution in [2.24, 2.45) is 5.84 Å². The first-order valence-corrected chi connectivity index (χ1v) is 9.10. The van der Waals surface area contributed by atoms with Crippen LogP contribution in [0.15, 0.2) is 36.8 Å². The molecule has 0 spiro atoms. The number of ether oxygens (including phenoxy) is 1. The van der Waals surface area contributed by atoms with Gasteiger partial charge in [-0.15, -0.1) is 0 Å². The van der Waals surface area contributed by atoms with Gasteiger partial charge in [0.05, 0.1) is 15.4 Å². The fourth-order valence-corrected chi connectivity index (χ4v) is 3.66. The highest BCUT2D eigenvalue weighted by Gasteiger charge is 2.47. The summed E-state index contributed by atoms with van der Waals surface area (Å²) in [6, 6.07) is 6.30. The lowest BCUT2D eigenvalue weighted by Gasteiger charge is -2.21. The van der Waals surface area contributed by atoms with E-state index in [-0.39, 0.29) is 5.02 Å². The topological polar surface area (TPSA) is 139 Å².